The Morgan fingerprint density at radius 2 is 2.43 bits per heavy atom. The fourth-order valence-electron chi connectivity index (χ4n) is 0.249. The molecule has 0 aliphatic rings. The molecule has 1 heteroatoms. The Balaban J connectivity index is 2.97. The second-order valence-corrected chi connectivity index (χ2v) is 1.34. The molecule has 0 heterocycles. The van der Waals surface area contributed by atoms with Crippen molar-refractivity contribution in [3.8, 4) is 0 Å². The number of carbonyl (C=O) groups is 1. The molecule has 0 aliphatic carbocycles. The fourth-order valence-corrected chi connectivity index (χ4v) is 0.249. The Kier molecular flexibility index (Phi) is 3.29. The van der Waals surface area contributed by atoms with Gasteiger partial charge in [0.05, 0.1) is 0 Å². The summed E-state index contributed by atoms with van der Waals surface area (Å²) in [5.74, 6) is 0.111. The summed E-state index contributed by atoms with van der Waals surface area (Å²) in [6.07, 6.45) is 3.98. The highest BCUT2D eigenvalue weighted by Crippen LogP contribution is 1.86. The van der Waals surface area contributed by atoms with Gasteiger partial charge in [0.1, 0.15) is 5.78 Å². The molecule has 0 bridgehead atoms. The van der Waals surface area contributed by atoms with E-state index < -0.39 is 0 Å². The lowest BCUT2D eigenvalue weighted by atomic mass is 10.2. The van der Waals surface area contributed by atoms with Gasteiger partial charge in [-0.1, -0.05) is 6.08 Å². The average molecular weight is 97.1 g/mol. The standard InChI is InChI=1S/C6H9O/c1-3-4-5-6(2)7/h3,5H,1,4H2,2H3. The van der Waals surface area contributed by atoms with E-state index in [2.05, 4.69) is 6.58 Å². The molecule has 0 unspecified atom stereocenters. The van der Waals surface area contributed by atoms with Crippen molar-refractivity contribution in [1.29, 1.82) is 0 Å². The largest absolute Gasteiger partial charge is 0.300 e. The lowest BCUT2D eigenvalue weighted by Crippen LogP contribution is -1.86. The normalized spacial score (nSPS) is 8.14. The predicted octanol–water partition coefficient (Wildman–Crippen LogP) is 1.36. The molecule has 0 rings (SSSR count). The summed E-state index contributed by atoms with van der Waals surface area (Å²) in [4.78, 5) is 10.1. The molecule has 0 amide bonds. The van der Waals surface area contributed by atoms with E-state index in [0.717, 1.165) is 0 Å². The Hall–Kier alpha value is -0.590. The summed E-state index contributed by atoms with van der Waals surface area (Å²) >= 11 is 0. The van der Waals surface area contributed by atoms with E-state index in [1.165, 1.54) is 6.92 Å². The Labute approximate surface area is 44.0 Å². The molecule has 0 spiro atoms. The molecule has 0 saturated carbocycles. The quantitative estimate of drug-likeness (QED) is 0.486. The maximum Gasteiger partial charge on any atom is 0.133 e. The molecule has 1 radical (unpaired) electrons. The zero-order valence-corrected chi connectivity index (χ0v) is 4.48. The van der Waals surface area contributed by atoms with Crippen LogP contribution >= 0.6 is 0 Å². The highest BCUT2D eigenvalue weighted by molar-refractivity contribution is 5.84. The van der Waals surface area contributed by atoms with Crippen molar-refractivity contribution >= 4 is 5.78 Å². The summed E-state index contributed by atoms with van der Waals surface area (Å²) in [5, 5.41) is 0. The summed E-state index contributed by atoms with van der Waals surface area (Å²) in [7, 11) is 0. The van der Waals surface area contributed by atoms with E-state index in [4.69, 9.17) is 0 Å². The van der Waals surface area contributed by atoms with Crippen molar-refractivity contribution in [2.45, 2.75) is 13.3 Å². The summed E-state index contributed by atoms with van der Waals surface area (Å²) in [6, 6.07) is 0. The van der Waals surface area contributed by atoms with Crippen molar-refractivity contribution < 1.29 is 4.79 Å². The van der Waals surface area contributed by atoms with Gasteiger partial charge in [-0.25, -0.2) is 0 Å². The van der Waals surface area contributed by atoms with Crippen molar-refractivity contribution in [2.75, 3.05) is 0 Å². The molecule has 39 valence electrons. The maximum absolute atomic E-state index is 10.1. The zero-order valence-electron chi connectivity index (χ0n) is 4.48. The lowest BCUT2D eigenvalue weighted by Gasteiger charge is -1.82. The lowest BCUT2D eigenvalue weighted by molar-refractivity contribution is -0.114. The molecule has 0 aromatic heterocycles. The van der Waals surface area contributed by atoms with Crippen molar-refractivity contribution in [3.63, 3.8) is 0 Å². The predicted molar refractivity (Wildman–Crippen MR) is 29.8 cm³/mol. The van der Waals surface area contributed by atoms with Crippen LogP contribution in [0.1, 0.15) is 13.3 Å². The number of hydrogen-bond donors (Lipinski definition) is 0. The third kappa shape index (κ3) is 5.41. The SMILES string of the molecule is C=CC[CH]C(C)=O. The van der Waals surface area contributed by atoms with Crippen LogP contribution in [0.25, 0.3) is 0 Å². The third-order valence-electron chi connectivity index (χ3n) is 0.572. The first-order chi connectivity index (χ1) is 3.27. The number of allylic oxidation sites excluding steroid dienone is 1. The minimum Gasteiger partial charge on any atom is -0.300 e. The Bertz CT molecular complexity index is 74.2. The molecule has 7 heavy (non-hydrogen) atoms. The first-order valence-corrected chi connectivity index (χ1v) is 2.22. The fraction of sp³-hybridized carbons (Fsp3) is 0.333. The highest BCUT2D eigenvalue weighted by Gasteiger charge is 1.86. The molecule has 0 atom stereocenters. The topological polar surface area (TPSA) is 17.1 Å². The Morgan fingerprint density at radius 3 is 2.57 bits per heavy atom. The molecule has 0 fully saturated rings. The first-order valence-electron chi connectivity index (χ1n) is 2.22. The van der Waals surface area contributed by atoms with Crippen molar-refractivity contribution in [2.24, 2.45) is 0 Å². The van der Waals surface area contributed by atoms with Crippen LogP contribution in [0.5, 0.6) is 0 Å². The summed E-state index contributed by atoms with van der Waals surface area (Å²) < 4.78 is 0. The zero-order chi connectivity index (χ0) is 5.70. The van der Waals surface area contributed by atoms with Crippen LogP contribution in [0.15, 0.2) is 12.7 Å². The van der Waals surface area contributed by atoms with Gasteiger partial charge in [0.2, 0.25) is 0 Å². The van der Waals surface area contributed by atoms with Gasteiger partial charge in [0, 0.05) is 6.42 Å². The first kappa shape index (κ1) is 6.41. The summed E-state index contributed by atoms with van der Waals surface area (Å²) in [5.41, 5.74) is 0. The minimum absolute atomic E-state index is 0.111. The monoisotopic (exact) mass is 97.1 g/mol. The molecule has 1 nitrogen and oxygen atoms in total. The number of hydrogen-bond acceptors (Lipinski definition) is 1. The van der Waals surface area contributed by atoms with Gasteiger partial charge < -0.3 is 0 Å². The van der Waals surface area contributed by atoms with Crippen LogP contribution in [0, 0.1) is 6.42 Å². The number of ketones is 1. The second kappa shape index (κ2) is 3.59. The van der Waals surface area contributed by atoms with Crippen molar-refractivity contribution in [1.82, 2.24) is 0 Å². The molecular formula is C6H9O. The van der Waals surface area contributed by atoms with Crippen LogP contribution in [0.2, 0.25) is 0 Å². The van der Waals surface area contributed by atoms with E-state index >= 15 is 0 Å². The van der Waals surface area contributed by atoms with Gasteiger partial charge in [-0.05, 0) is 13.3 Å². The van der Waals surface area contributed by atoms with Crippen LogP contribution in [0.3, 0.4) is 0 Å². The molecule has 0 N–H and O–H groups in total. The molecule has 0 saturated heterocycles. The molecule has 0 aromatic rings. The van der Waals surface area contributed by atoms with Gasteiger partial charge >= 0.3 is 0 Å². The highest BCUT2D eigenvalue weighted by atomic mass is 16.1. The number of Topliss-reactive ketones (excluding diaryl/α,β-unsaturated/α-hetero) is 1. The third-order valence-corrected chi connectivity index (χ3v) is 0.572. The smallest absolute Gasteiger partial charge is 0.133 e. The van der Waals surface area contributed by atoms with Crippen LogP contribution < -0.4 is 0 Å². The Morgan fingerprint density at radius 1 is 1.86 bits per heavy atom. The van der Waals surface area contributed by atoms with E-state index in [1.807, 2.05) is 0 Å². The van der Waals surface area contributed by atoms with Crippen LogP contribution in [-0.2, 0) is 4.79 Å². The van der Waals surface area contributed by atoms with Gasteiger partial charge in [0.15, 0.2) is 0 Å². The average Bonchev–Trinajstić information content (AvgIpc) is 1.61. The summed E-state index contributed by atoms with van der Waals surface area (Å²) in [6.45, 7) is 4.98. The number of rotatable bonds is 3. The van der Waals surface area contributed by atoms with Gasteiger partial charge in [0.25, 0.3) is 0 Å². The van der Waals surface area contributed by atoms with Crippen molar-refractivity contribution in [3.05, 3.63) is 19.1 Å². The van der Waals surface area contributed by atoms with Gasteiger partial charge in [-0.3, -0.25) is 4.79 Å². The van der Waals surface area contributed by atoms with E-state index in [1.54, 1.807) is 12.5 Å². The van der Waals surface area contributed by atoms with Crippen LogP contribution in [0.4, 0.5) is 0 Å². The maximum atomic E-state index is 10.1. The van der Waals surface area contributed by atoms with Crippen LogP contribution in [-0.4, -0.2) is 5.78 Å². The molecule has 0 aliphatic heterocycles. The molecular weight excluding hydrogens is 88.1 g/mol. The second-order valence-electron chi connectivity index (χ2n) is 1.34. The minimum atomic E-state index is 0.111. The van der Waals surface area contributed by atoms with E-state index in [-0.39, 0.29) is 5.78 Å². The molecule has 0 aromatic carbocycles. The van der Waals surface area contributed by atoms with Gasteiger partial charge in [-0.15, -0.1) is 6.58 Å². The van der Waals surface area contributed by atoms with E-state index in [9.17, 15) is 4.79 Å². The van der Waals surface area contributed by atoms with E-state index in [0.29, 0.717) is 6.42 Å². The number of carbonyl (C=O) groups excluding carboxylic acids is 1. The van der Waals surface area contributed by atoms with Gasteiger partial charge in [-0.2, -0.15) is 0 Å².